The number of halogens is 1. The average molecular weight is 175 g/mol. The van der Waals surface area contributed by atoms with Crippen LogP contribution in [-0.4, -0.2) is 23.1 Å². The standard InChI is InChI=1S/C4H8.CH3.BrH.Mg/c1-2-4-3-1;;;/h1-4H2;1H3;1H;/q;-1;;+2/p-1. The van der Waals surface area contributed by atoms with E-state index in [0.717, 1.165) is 0 Å². The van der Waals surface area contributed by atoms with Gasteiger partial charge < -0.3 is 24.4 Å². The Morgan fingerprint density at radius 1 is 0.714 bits per heavy atom. The number of rotatable bonds is 0. The van der Waals surface area contributed by atoms with Crippen LogP contribution in [0.3, 0.4) is 0 Å². The summed E-state index contributed by atoms with van der Waals surface area (Å²) in [6.07, 6.45) is 6.00. The first-order valence-electron chi connectivity index (χ1n) is 2.00. The van der Waals surface area contributed by atoms with Gasteiger partial charge in [-0.05, 0) is 0 Å². The van der Waals surface area contributed by atoms with Gasteiger partial charge in [-0.1, -0.05) is 25.7 Å². The molecule has 0 bridgehead atoms. The SMILES string of the molecule is C1CCC1.[Br-].[CH3-].[Mg+2]. The zero-order valence-corrected chi connectivity index (χ0v) is 7.91. The van der Waals surface area contributed by atoms with Crippen LogP contribution in [0.15, 0.2) is 0 Å². The van der Waals surface area contributed by atoms with Crippen LogP contribution in [0.5, 0.6) is 0 Å². The Morgan fingerprint density at radius 3 is 0.857 bits per heavy atom. The van der Waals surface area contributed by atoms with E-state index in [-0.39, 0.29) is 47.5 Å². The number of hydrogen-bond donors (Lipinski definition) is 0. The molecule has 40 valence electrons. The Hall–Kier alpha value is 1.25. The molecular weight excluding hydrogens is 164 g/mol. The summed E-state index contributed by atoms with van der Waals surface area (Å²) in [4.78, 5) is 0. The zero-order valence-electron chi connectivity index (χ0n) is 4.91. The van der Waals surface area contributed by atoms with E-state index >= 15 is 0 Å². The van der Waals surface area contributed by atoms with E-state index in [1.165, 1.54) is 25.7 Å². The molecule has 0 aromatic carbocycles. The summed E-state index contributed by atoms with van der Waals surface area (Å²) in [5.74, 6) is 0. The first-order valence-corrected chi connectivity index (χ1v) is 2.00. The molecule has 7 heavy (non-hydrogen) atoms. The third-order valence-electron chi connectivity index (χ3n) is 1.000. The summed E-state index contributed by atoms with van der Waals surface area (Å²) in [5, 5.41) is 0. The smallest absolute Gasteiger partial charge is 1.00 e. The van der Waals surface area contributed by atoms with E-state index < -0.39 is 0 Å². The topological polar surface area (TPSA) is 0 Å². The van der Waals surface area contributed by atoms with Crippen molar-refractivity contribution in [3.63, 3.8) is 0 Å². The molecular formula is C5H11BrMg. The third kappa shape index (κ3) is 7.25. The fraction of sp³-hybridized carbons (Fsp3) is 0.800. The summed E-state index contributed by atoms with van der Waals surface area (Å²) >= 11 is 0. The molecule has 0 amide bonds. The van der Waals surface area contributed by atoms with Crippen LogP contribution in [0.1, 0.15) is 25.7 Å². The molecule has 0 spiro atoms. The van der Waals surface area contributed by atoms with Crippen LogP contribution < -0.4 is 17.0 Å². The Morgan fingerprint density at radius 2 is 0.857 bits per heavy atom. The van der Waals surface area contributed by atoms with E-state index in [1.807, 2.05) is 0 Å². The second-order valence-electron chi connectivity index (χ2n) is 1.41. The minimum Gasteiger partial charge on any atom is -1.00 e. The Kier molecular flexibility index (Phi) is 23.1. The summed E-state index contributed by atoms with van der Waals surface area (Å²) in [6, 6.07) is 0. The third-order valence-corrected chi connectivity index (χ3v) is 1.000. The number of hydrogen-bond acceptors (Lipinski definition) is 0. The van der Waals surface area contributed by atoms with Crippen molar-refractivity contribution in [2.75, 3.05) is 0 Å². The molecule has 1 saturated carbocycles. The first kappa shape index (κ1) is 15.7. The normalized spacial score (nSPS) is 13.7. The van der Waals surface area contributed by atoms with Crippen LogP contribution in [0, 0.1) is 7.43 Å². The van der Waals surface area contributed by atoms with Gasteiger partial charge in [-0.15, -0.1) is 0 Å². The van der Waals surface area contributed by atoms with Gasteiger partial charge in [0.25, 0.3) is 0 Å². The fourth-order valence-electron chi connectivity index (χ4n) is 0.250. The molecule has 0 nitrogen and oxygen atoms in total. The minimum atomic E-state index is 0. The molecule has 0 aromatic heterocycles. The second-order valence-corrected chi connectivity index (χ2v) is 1.41. The largest absolute Gasteiger partial charge is 2.00 e. The molecule has 0 aromatic rings. The quantitative estimate of drug-likeness (QED) is 0.315. The Balaban J connectivity index is -0.0000000533. The van der Waals surface area contributed by atoms with Crippen LogP contribution in [0.25, 0.3) is 0 Å². The maximum absolute atomic E-state index is 1.50. The van der Waals surface area contributed by atoms with Crippen molar-refractivity contribution < 1.29 is 17.0 Å². The summed E-state index contributed by atoms with van der Waals surface area (Å²) in [5.41, 5.74) is 0. The summed E-state index contributed by atoms with van der Waals surface area (Å²) < 4.78 is 0. The van der Waals surface area contributed by atoms with Gasteiger partial charge in [-0.3, -0.25) is 0 Å². The minimum absolute atomic E-state index is 0. The van der Waals surface area contributed by atoms with Gasteiger partial charge in [-0.2, -0.15) is 0 Å². The van der Waals surface area contributed by atoms with Crippen molar-refractivity contribution >= 4 is 23.1 Å². The van der Waals surface area contributed by atoms with Crippen LogP contribution in [-0.2, 0) is 0 Å². The molecule has 0 heterocycles. The first-order chi connectivity index (χ1) is 2.00. The van der Waals surface area contributed by atoms with E-state index in [2.05, 4.69) is 0 Å². The van der Waals surface area contributed by atoms with Crippen LogP contribution in [0.2, 0.25) is 0 Å². The van der Waals surface area contributed by atoms with Gasteiger partial charge in [0.1, 0.15) is 0 Å². The molecule has 1 aliphatic carbocycles. The molecule has 2 heteroatoms. The molecule has 0 aliphatic heterocycles. The molecule has 0 atom stereocenters. The van der Waals surface area contributed by atoms with Gasteiger partial charge in [0.05, 0.1) is 0 Å². The van der Waals surface area contributed by atoms with E-state index in [9.17, 15) is 0 Å². The van der Waals surface area contributed by atoms with Crippen molar-refractivity contribution in [1.82, 2.24) is 0 Å². The molecule has 1 aliphatic rings. The molecule has 1 rings (SSSR count). The average Bonchev–Trinajstić information content (AvgIpc) is 0.722. The van der Waals surface area contributed by atoms with Crippen molar-refractivity contribution in [2.45, 2.75) is 25.7 Å². The van der Waals surface area contributed by atoms with Crippen molar-refractivity contribution in [2.24, 2.45) is 0 Å². The Labute approximate surface area is 73.0 Å². The fourth-order valence-corrected chi connectivity index (χ4v) is 0.250. The molecule has 1 fully saturated rings. The molecule has 0 saturated heterocycles. The summed E-state index contributed by atoms with van der Waals surface area (Å²) in [7, 11) is 0. The Bertz CT molecular complexity index is 16.0. The van der Waals surface area contributed by atoms with Crippen molar-refractivity contribution in [3.8, 4) is 0 Å². The predicted molar refractivity (Wildman–Crippen MR) is 30.6 cm³/mol. The predicted octanol–water partition coefficient (Wildman–Crippen LogP) is -1.37. The van der Waals surface area contributed by atoms with Gasteiger partial charge in [0, 0.05) is 0 Å². The second kappa shape index (κ2) is 10.3. The summed E-state index contributed by atoms with van der Waals surface area (Å²) in [6.45, 7) is 0. The van der Waals surface area contributed by atoms with Crippen molar-refractivity contribution in [3.05, 3.63) is 7.43 Å². The maximum Gasteiger partial charge on any atom is 2.00 e. The zero-order chi connectivity index (χ0) is 2.83. The van der Waals surface area contributed by atoms with E-state index in [4.69, 9.17) is 0 Å². The molecule has 0 N–H and O–H groups in total. The van der Waals surface area contributed by atoms with Crippen molar-refractivity contribution in [1.29, 1.82) is 0 Å². The van der Waals surface area contributed by atoms with Gasteiger partial charge in [0.15, 0.2) is 0 Å². The van der Waals surface area contributed by atoms with E-state index in [0.29, 0.717) is 0 Å². The van der Waals surface area contributed by atoms with E-state index in [1.54, 1.807) is 0 Å². The molecule has 0 radical (unpaired) electrons. The van der Waals surface area contributed by atoms with Crippen LogP contribution in [0.4, 0.5) is 0 Å². The monoisotopic (exact) mass is 174 g/mol. The van der Waals surface area contributed by atoms with Gasteiger partial charge >= 0.3 is 23.1 Å². The van der Waals surface area contributed by atoms with Gasteiger partial charge in [0.2, 0.25) is 0 Å². The maximum atomic E-state index is 1.50. The molecule has 0 unspecified atom stereocenters. The van der Waals surface area contributed by atoms with Crippen LogP contribution >= 0.6 is 0 Å². The van der Waals surface area contributed by atoms with Gasteiger partial charge in [-0.25, -0.2) is 0 Å².